The van der Waals surface area contributed by atoms with Crippen LogP contribution in [0.1, 0.15) is 17.2 Å². The number of halogens is 1. The van der Waals surface area contributed by atoms with Crippen LogP contribution in [0.25, 0.3) is 5.76 Å². The molecule has 0 unspecified atom stereocenters. The maximum Gasteiger partial charge on any atom is 0.295 e. The molecule has 1 amide bonds. The highest BCUT2D eigenvalue weighted by Gasteiger charge is 2.45. The Morgan fingerprint density at radius 1 is 1.16 bits per heavy atom. The molecule has 1 aliphatic heterocycles. The second-order valence-corrected chi connectivity index (χ2v) is 7.91. The summed E-state index contributed by atoms with van der Waals surface area (Å²) in [6.45, 7) is 4.92. The van der Waals surface area contributed by atoms with Gasteiger partial charge in [-0.2, -0.15) is 0 Å². The number of ether oxygens (including phenoxy) is 1. The minimum Gasteiger partial charge on any atom is -0.507 e. The second-order valence-electron chi connectivity index (χ2n) is 7.47. The average Bonchev–Trinajstić information content (AvgIpc) is 3.01. The number of aliphatic hydroxyl groups excluding tert-OH is 1. The fourth-order valence-electron chi connectivity index (χ4n) is 3.43. The molecule has 2 aromatic rings. The third-order valence-corrected chi connectivity index (χ3v) is 5.26. The van der Waals surface area contributed by atoms with E-state index in [2.05, 4.69) is 6.58 Å². The maximum atomic E-state index is 12.9. The summed E-state index contributed by atoms with van der Waals surface area (Å²) < 4.78 is 5.53. The first-order valence-corrected chi connectivity index (χ1v) is 10.2. The number of carbonyl (C=O) groups excluding carboxylic acids is 2. The summed E-state index contributed by atoms with van der Waals surface area (Å²) in [5, 5.41) is 11.5. The SMILES string of the molecule is C=CCOc1ccc([C@H]2/C(=C(\O)c3ccc(Cl)cc3)C(=O)C(=O)N2CCN(C)C)cc1. The van der Waals surface area contributed by atoms with Gasteiger partial charge in [0.25, 0.3) is 11.7 Å². The number of benzene rings is 2. The number of hydrogen-bond donors (Lipinski definition) is 1. The van der Waals surface area contributed by atoms with Crippen molar-refractivity contribution < 1.29 is 19.4 Å². The van der Waals surface area contributed by atoms with E-state index in [0.717, 1.165) is 0 Å². The van der Waals surface area contributed by atoms with Crippen LogP contribution in [0.4, 0.5) is 0 Å². The maximum absolute atomic E-state index is 12.9. The van der Waals surface area contributed by atoms with Crippen LogP contribution < -0.4 is 4.74 Å². The second kappa shape index (κ2) is 9.81. The van der Waals surface area contributed by atoms with Crippen LogP contribution in [0.5, 0.6) is 5.75 Å². The van der Waals surface area contributed by atoms with Gasteiger partial charge in [0.15, 0.2) is 0 Å². The molecule has 1 saturated heterocycles. The van der Waals surface area contributed by atoms with Crippen molar-refractivity contribution in [2.45, 2.75) is 6.04 Å². The molecule has 0 radical (unpaired) electrons. The third-order valence-electron chi connectivity index (χ3n) is 5.01. The van der Waals surface area contributed by atoms with Gasteiger partial charge in [-0.25, -0.2) is 0 Å². The van der Waals surface area contributed by atoms with Gasteiger partial charge < -0.3 is 19.6 Å². The zero-order valence-corrected chi connectivity index (χ0v) is 18.3. The lowest BCUT2D eigenvalue weighted by atomic mass is 9.95. The lowest BCUT2D eigenvalue weighted by molar-refractivity contribution is -0.140. The number of aliphatic hydroxyl groups is 1. The Kier molecular flexibility index (Phi) is 7.15. The van der Waals surface area contributed by atoms with Crippen molar-refractivity contribution in [3.8, 4) is 5.75 Å². The molecule has 1 heterocycles. The van der Waals surface area contributed by atoms with Crippen molar-refractivity contribution in [3.05, 3.63) is 82.9 Å². The molecule has 2 aromatic carbocycles. The van der Waals surface area contributed by atoms with E-state index in [1.807, 2.05) is 19.0 Å². The highest BCUT2D eigenvalue weighted by Crippen LogP contribution is 2.39. The van der Waals surface area contributed by atoms with E-state index in [9.17, 15) is 14.7 Å². The number of ketones is 1. The van der Waals surface area contributed by atoms with Crippen molar-refractivity contribution in [1.29, 1.82) is 0 Å². The molecule has 3 rings (SSSR count). The van der Waals surface area contributed by atoms with Gasteiger partial charge in [-0.05, 0) is 56.1 Å². The highest BCUT2D eigenvalue weighted by atomic mass is 35.5. The van der Waals surface area contributed by atoms with E-state index in [1.165, 1.54) is 4.90 Å². The molecule has 7 heteroatoms. The Hall–Kier alpha value is -3.09. The molecule has 6 nitrogen and oxygen atoms in total. The summed E-state index contributed by atoms with van der Waals surface area (Å²) in [6, 6.07) is 12.9. The average molecular weight is 441 g/mol. The Bertz CT molecular complexity index is 997. The van der Waals surface area contributed by atoms with Gasteiger partial charge in [0, 0.05) is 23.7 Å². The molecule has 0 aliphatic carbocycles. The standard InChI is InChI=1S/C24H25ClN2O4/c1-4-15-31-19-11-7-16(8-12-19)21-20(22(28)17-5-9-18(25)10-6-17)23(29)24(30)27(21)14-13-26(2)3/h4-12,21,28H,1,13-15H2,2-3H3/b22-20+/t21-/m0/s1. The number of rotatable bonds is 8. The van der Waals surface area contributed by atoms with Crippen LogP contribution in [0.15, 0.2) is 66.8 Å². The predicted molar refractivity (Wildman–Crippen MR) is 121 cm³/mol. The molecule has 31 heavy (non-hydrogen) atoms. The lowest BCUT2D eigenvalue weighted by Crippen LogP contribution is -2.35. The molecule has 162 valence electrons. The number of nitrogens with zero attached hydrogens (tertiary/aromatic N) is 2. The van der Waals surface area contributed by atoms with Crippen LogP contribution in [0.2, 0.25) is 5.02 Å². The fourth-order valence-corrected chi connectivity index (χ4v) is 3.56. The minimum atomic E-state index is -0.705. The van der Waals surface area contributed by atoms with Gasteiger partial charge in [-0.1, -0.05) is 36.4 Å². The molecule has 0 bridgehead atoms. The summed E-state index contributed by atoms with van der Waals surface area (Å²) in [4.78, 5) is 29.3. The zero-order chi connectivity index (χ0) is 22.5. The Morgan fingerprint density at radius 2 is 1.81 bits per heavy atom. The number of hydrogen-bond acceptors (Lipinski definition) is 5. The van der Waals surface area contributed by atoms with Crippen molar-refractivity contribution >= 4 is 29.1 Å². The third kappa shape index (κ3) is 4.98. The van der Waals surface area contributed by atoms with Crippen LogP contribution >= 0.6 is 11.6 Å². The number of likely N-dealkylation sites (tertiary alicyclic amines) is 1. The first-order valence-electron chi connectivity index (χ1n) is 9.86. The van der Waals surface area contributed by atoms with E-state index in [-0.39, 0.29) is 11.3 Å². The van der Waals surface area contributed by atoms with Crippen LogP contribution in [0.3, 0.4) is 0 Å². The van der Waals surface area contributed by atoms with E-state index in [1.54, 1.807) is 54.6 Å². The topological polar surface area (TPSA) is 70.1 Å². The molecule has 0 spiro atoms. The summed E-state index contributed by atoms with van der Waals surface area (Å²) >= 11 is 5.95. The summed E-state index contributed by atoms with van der Waals surface area (Å²) in [5.41, 5.74) is 1.19. The lowest BCUT2D eigenvalue weighted by Gasteiger charge is -2.26. The molecular formula is C24H25ClN2O4. The first-order chi connectivity index (χ1) is 14.8. The van der Waals surface area contributed by atoms with Gasteiger partial charge in [0.2, 0.25) is 0 Å². The fraction of sp³-hybridized carbons (Fsp3) is 0.250. The van der Waals surface area contributed by atoms with Gasteiger partial charge >= 0.3 is 0 Å². The first kappa shape index (κ1) is 22.6. The van der Waals surface area contributed by atoms with Crippen LogP contribution in [-0.2, 0) is 9.59 Å². The quantitative estimate of drug-likeness (QED) is 0.292. The zero-order valence-electron chi connectivity index (χ0n) is 17.5. The molecule has 0 aromatic heterocycles. The Morgan fingerprint density at radius 3 is 2.39 bits per heavy atom. The smallest absolute Gasteiger partial charge is 0.295 e. The molecule has 0 saturated carbocycles. The summed E-state index contributed by atoms with van der Waals surface area (Å²) in [5.74, 6) is -0.913. The van der Waals surface area contributed by atoms with Crippen molar-refractivity contribution in [3.63, 3.8) is 0 Å². The number of amides is 1. The Labute approximate surface area is 187 Å². The number of carbonyl (C=O) groups is 2. The van der Waals surface area contributed by atoms with Gasteiger partial charge in [-0.15, -0.1) is 0 Å². The number of Topliss-reactive ketones (excluding diaryl/α,β-unsaturated/α-hetero) is 1. The molecule has 1 fully saturated rings. The normalized spacial score (nSPS) is 17.9. The highest BCUT2D eigenvalue weighted by molar-refractivity contribution is 6.46. The van der Waals surface area contributed by atoms with Gasteiger partial charge in [0.05, 0.1) is 11.6 Å². The predicted octanol–water partition coefficient (Wildman–Crippen LogP) is 3.89. The van der Waals surface area contributed by atoms with E-state index >= 15 is 0 Å². The van der Waals surface area contributed by atoms with Gasteiger partial charge in [-0.3, -0.25) is 9.59 Å². The van der Waals surface area contributed by atoms with Gasteiger partial charge in [0.1, 0.15) is 18.1 Å². The number of likely N-dealkylation sites (N-methyl/N-ethyl adjacent to an activating group) is 1. The Balaban J connectivity index is 2.07. The van der Waals surface area contributed by atoms with E-state index in [0.29, 0.717) is 41.6 Å². The molecule has 1 N–H and O–H groups in total. The van der Waals surface area contributed by atoms with Crippen LogP contribution in [0, 0.1) is 0 Å². The van der Waals surface area contributed by atoms with E-state index < -0.39 is 17.7 Å². The van der Waals surface area contributed by atoms with Crippen molar-refractivity contribution in [2.24, 2.45) is 0 Å². The summed E-state index contributed by atoms with van der Waals surface area (Å²) in [7, 11) is 3.79. The minimum absolute atomic E-state index is 0.0610. The van der Waals surface area contributed by atoms with Crippen molar-refractivity contribution in [1.82, 2.24) is 9.80 Å². The van der Waals surface area contributed by atoms with Crippen LogP contribution in [-0.4, -0.2) is 60.4 Å². The summed E-state index contributed by atoms with van der Waals surface area (Å²) in [6.07, 6.45) is 1.65. The molecule has 1 atom stereocenters. The largest absolute Gasteiger partial charge is 0.507 e. The van der Waals surface area contributed by atoms with E-state index in [4.69, 9.17) is 16.3 Å². The molecule has 1 aliphatic rings. The van der Waals surface area contributed by atoms with Crippen molar-refractivity contribution in [2.75, 3.05) is 33.8 Å². The monoisotopic (exact) mass is 440 g/mol. The molecular weight excluding hydrogens is 416 g/mol.